The molecule has 0 saturated heterocycles. The first kappa shape index (κ1) is 60.7. The molecule has 3 unspecified atom stereocenters. The number of unbranched alkanes of at least 4 members (excludes halogenated alkanes) is 20. The molecule has 63 heavy (non-hydrogen) atoms. The van der Waals surface area contributed by atoms with E-state index in [2.05, 4.69) is 92.1 Å². The third-order valence-electron chi connectivity index (χ3n) is 10.9. The Morgan fingerprint density at radius 1 is 0.571 bits per heavy atom. The number of amides is 1. The van der Waals surface area contributed by atoms with Gasteiger partial charge < -0.3 is 28.8 Å². The van der Waals surface area contributed by atoms with E-state index in [1.165, 1.54) is 96.3 Å². The predicted molar refractivity (Wildman–Crippen MR) is 270 cm³/mol. The zero-order valence-electron chi connectivity index (χ0n) is 41.2. The summed E-state index contributed by atoms with van der Waals surface area (Å²) in [6.45, 7) is 4.43. The molecule has 0 aromatic carbocycles. The molecule has 0 rings (SSSR count). The number of hydrogen-bond acceptors (Lipinski definition) is 6. The summed E-state index contributed by atoms with van der Waals surface area (Å²) in [6, 6.07) is -0.885. The van der Waals surface area contributed by atoms with Crippen LogP contribution in [0.3, 0.4) is 0 Å². The van der Waals surface area contributed by atoms with Crippen LogP contribution in [0.1, 0.15) is 200 Å². The molecule has 0 saturated carbocycles. The maximum atomic E-state index is 12.8. The minimum atomic E-state index is -4.58. The highest BCUT2D eigenvalue weighted by Crippen LogP contribution is 2.38. The molecule has 0 bridgehead atoms. The maximum Gasteiger partial charge on any atom is 0.268 e. The Balaban J connectivity index is 3.89. The van der Waals surface area contributed by atoms with Crippen LogP contribution in [-0.2, 0) is 18.4 Å². The van der Waals surface area contributed by atoms with Crippen LogP contribution in [0.5, 0.6) is 0 Å². The first-order chi connectivity index (χ1) is 30.5. The summed E-state index contributed by atoms with van der Waals surface area (Å²) in [4.78, 5) is 25.2. The number of quaternary nitrogens is 1. The summed E-state index contributed by atoms with van der Waals surface area (Å²) < 4.78 is 23.1. The van der Waals surface area contributed by atoms with Crippen LogP contribution in [0.2, 0.25) is 0 Å². The van der Waals surface area contributed by atoms with Gasteiger partial charge in [-0.3, -0.25) is 9.36 Å². The van der Waals surface area contributed by atoms with Gasteiger partial charge in [-0.15, -0.1) is 0 Å². The van der Waals surface area contributed by atoms with Crippen molar-refractivity contribution in [1.29, 1.82) is 0 Å². The molecule has 0 spiro atoms. The van der Waals surface area contributed by atoms with Gasteiger partial charge in [-0.1, -0.05) is 208 Å². The molecule has 3 atom stereocenters. The van der Waals surface area contributed by atoms with Crippen molar-refractivity contribution in [2.75, 3.05) is 40.9 Å². The van der Waals surface area contributed by atoms with Crippen molar-refractivity contribution >= 4 is 13.7 Å². The highest BCUT2D eigenvalue weighted by atomic mass is 31.2. The van der Waals surface area contributed by atoms with Gasteiger partial charge in [0.15, 0.2) is 0 Å². The summed E-state index contributed by atoms with van der Waals surface area (Å²) in [7, 11) is 1.25. The van der Waals surface area contributed by atoms with Gasteiger partial charge in [0, 0.05) is 6.42 Å². The Morgan fingerprint density at radius 2 is 0.968 bits per heavy atom. The van der Waals surface area contributed by atoms with E-state index in [1.54, 1.807) is 6.08 Å². The van der Waals surface area contributed by atoms with E-state index in [0.717, 1.165) is 83.5 Å². The molecule has 0 aromatic rings. The normalized spacial score (nSPS) is 14.8. The minimum absolute atomic E-state index is 0.00398. The molecule has 0 aliphatic heterocycles. The largest absolute Gasteiger partial charge is 0.756 e. The van der Waals surface area contributed by atoms with E-state index in [1.807, 2.05) is 27.2 Å². The monoisotopic (exact) mass is 901 g/mol. The molecule has 0 aliphatic rings. The number of allylic oxidation sites excluding steroid dienone is 13. The number of aliphatic hydroxyl groups excluding tert-OH is 1. The lowest BCUT2D eigenvalue weighted by Gasteiger charge is -2.29. The number of nitrogens with one attached hydrogen (secondary N) is 1. The fourth-order valence-corrected chi connectivity index (χ4v) is 7.58. The van der Waals surface area contributed by atoms with E-state index in [-0.39, 0.29) is 19.1 Å². The first-order valence-electron chi connectivity index (χ1n) is 25.4. The Morgan fingerprint density at radius 3 is 1.41 bits per heavy atom. The van der Waals surface area contributed by atoms with Gasteiger partial charge in [-0.25, -0.2) is 0 Å². The van der Waals surface area contributed by atoms with Crippen molar-refractivity contribution in [1.82, 2.24) is 5.32 Å². The number of nitrogens with zero attached hydrogens (tertiary/aromatic N) is 1. The predicted octanol–water partition coefficient (Wildman–Crippen LogP) is 14.3. The fourth-order valence-electron chi connectivity index (χ4n) is 6.86. The van der Waals surface area contributed by atoms with Gasteiger partial charge >= 0.3 is 0 Å². The molecule has 0 heterocycles. The zero-order valence-corrected chi connectivity index (χ0v) is 42.1. The van der Waals surface area contributed by atoms with Crippen LogP contribution in [0.15, 0.2) is 85.1 Å². The Hall–Kier alpha value is -2.32. The number of carbonyl (C=O) groups excluding carboxylic acids is 1. The van der Waals surface area contributed by atoms with Crippen LogP contribution in [0, 0.1) is 0 Å². The SMILES string of the molecule is CC/C=C\C/C=C\C/C=C\C/C=C\C/C=C\C/C=C\CCCCCCCCCCCCCCCCCCC(=O)NC(COP(=O)([O-])OCC[N+](C)(C)C)C(O)/C=C/CCCCCC. The van der Waals surface area contributed by atoms with Gasteiger partial charge in [0.1, 0.15) is 13.2 Å². The molecular formula is C54H97N2O6P. The second-order valence-electron chi connectivity index (χ2n) is 18.1. The summed E-state index contributed by atoms with van der Waals surface area (Å²) >= 11 is 0. The number of phosphoric ester groups is 1. The van der Waals surface area contributed by atoms with Crippen LogP contribution >= 0.6 is 7.82 Å². The van der Waals surface area contributed by atoms with Crippen molar-refractivity contribution in [3.8, 4) is 0 Å². The van der Waals surface area contributed by atoms with Crippen molar-refractivity contribution in [2.45, 2.75) is 212 Å². The maximum absolute atomic E-state index is 12.8. The van der Waals surface area contributed by atoms with Crippen LogP contribution in [-0.4, -0.2) is 68.5 Å². The van der Waals surface area contributed by atoms with E-state index in [9.17, 15) is 19.4 Å². The topological polar surface area (TPSA) is 108 Å². The van der Waals surface area contributed by atoms with Crippen molar-refractivity contribution in [2.24, 2.45) is 0 Å². The Labute approximate surface area is 388 Å². The van der Waals surface area contributed by atoms with E-state index < -0.39 is 20.0 Å². The molecular weight excluding hydrogens is 804 g/mol. The van der Waals surface area contributed by atoms with Gasteiger partial charge in [0.2, 0.25) is 5.91 Å². The molecule has 364 valence electrons. The average Bonchev–Trinajstić information content (AvgIpc) is 3.24. The molecule has 9 heteroatoms. The van der Waals surface area contributed by atoms with Crippen LogP contribution in [0.25, 0.3) is 0 Å². The summed E-state index contributed by atoms with van der Waals surface area (Å²) in [5, 5.41) is 13.6. The Bertz CT molecular complexity index is 1300. The van der Waals surface area contributed by atoms with Gasteiger partial charge in [-0.05, 0) is 70.6 Å². The molecule has 8 nitrogen and oxygen atoms in total. The number of carbonyl (C=O) groups is 1. The van der Waals surface area contributed by atoms with E-state index in [4.69, 9.17) is 9.05 Å². The van der Waals surface area contributed by atoms with E-state index >= 15 is 0 Å². The summed E-state index contributed by atoms with van der Waals surface area (Å²) in [5.74, 6) is -0.206. The molecule has 1 amide bonds. The third kappa shape index (κ3) is 47.5. The molecule has 0 aromatic heterocycles. The van der Waals surface area contributed by atoms with Crippen LogP contribution in [0.4, 0.5) is 0 Å². The van der Waals surface area contributed by atoms with Gasteiger partial charge in [0.05, 0.1) is 39.9 Å². The van der Waals surface area contributed by atoms with Crippen molar-refractivity contribution in [3.05, 3.63) is 85.1 Å². The van der Waals surface area contributed by atoms with Crippen molar-refractivity contribution < 1.29 is 32.9 Å². The summed E-state index contributed by atoms with van der Waals surface area (Å²) in [5.41, 5.74) is 0. The number of likely N-dealkylation sites (N-methyl/N-ethyl adjacent to an activating group) is 1. The first-order valence-corrected chi connectivity index (χ1v) is 26.9. The minimum Gasteiger partial charge on any atom is -0.756 e. The second kappa shape index (κ2) is 44.9. The number of aliphatic hydroxyl groups is 1. The fraction of sp³-hybridized carbons (Fsp3) is 0.722. The van der Waals surface area contributed by atoms with Crippen LogP contribution < -0.4 is 10.2 Å². The zero-order chi connectivity index (χ0) is 46.4. The summed E-state index contributed by atoms with van der Waals surface area (Å²) in [6.07, 6.45) is 62.7. The van der Waals surface area contributed by atoms with Crippen molar-refractivity contribution in [3.63, 3.8) is 0 Å². The lowest BCUT2D eigenvalue weighted by Crippen LogP contribution is -2.45. The quantitative estimate of drug-likeness (QED) is 0.0273. The highest BCUT2D eigenvalue weighted by molar-refractivity contribution is 7.45. The number of rotatable bonds is 45. The smallest absolute Gasteiger partial charge is 0.268 e. The lowest BCUT2D eigenvalue weighted by molar-refractivity contribution is -0.870. The number of phosphoric acid groups is 1. The average molecular weight is 901 g/mol. The standard InChI is InChI=1S/C54H97N2O6P/c1-6-8-10-12-14-15-16-17-18-19-20-21-22-23-24-25-26-27-28-29-30-31-32-33-34-35-36-37-38-39-40-41-42-44-46-48-54(58)55-52(53(57)47-45-43-13-11-9-7-2)51-62-63(59,60)61-50-49-56(3,4)5/h8,10,14-15,17-18,20-21,23-24,26-27,45,47,52-53,57H,6-7,9,11-13,16,19,22,25,28-44,46,48-51H2,1-5H3,(H-,55,58,59,60)/b10-8-,15-14-,18-17-,21-20-,24-23-,27-26-,47-45+. The van der Waals surface area contributed by atoms with Gasteiger partial charge in [0.25, 0.3) is 7.82 Å². The highest BCUT2D eigenvalue weighted by Gasteiger charge is 2.23. The molecule has 2 N–H and O–H groups in total. The number of hydrogen-bond donors (Lipinski definition) is 2. The lowest BCUT2D eigenvalue weighted by atomic mass is 10.0. The van der Waals surface area contributed by atoms with Gasteiger partial charge in [-0.2, -0.15) is 0 Å². The molecule has 0 aliphatic carbocycles. The Kier molecular flexibility index (Phi) is 43.2. The third-order valence-corrected chi connectivity index (χ3v) is 11.8. The van der Waals surface area contributed by atoms with E-state index in [0.29, 0.717) is 17.4 Å². The second-order valence-corrected chi connectivity index (χ2v) is 19.6. The molecule has 0 fully saturated rings. The molecule has 0 radical (unpaired) electrons.